The average molecular weight is 252 g/mol. The minimum atomic E-state index is 0.131. The number of rotatable bonds is 7. The van der Waals surface area contributed by atoms with Gasteiger partial charge in [0.25, 0.3) is 0 Å². The third-order valence-corrected chi connectivity index (χ3v) is 2.97. The molecule has 17 heavy (non-hydrogen) atoms. The van der Waals surface area contributed by atoms with E-state index >= 15 is 0 Å². The van der Waals surface area contributed by atoms with Crippen LogP contribution in [0.3, 0.4) is 0 Å². The van der Waals surface area contributed by atoms with Crippen LogP contribution in [0.5, 0.6) is 0 Å². The molecule has 0 aliphatic heterocycles. The van der Waals surface area contributed by atoms with E-state index in [1.807, 2.05) is 6.08 Å². The van der Waals surface area contributed by atoms with Gasteiger partial charge < -0.3 is 5.73 Å². The van der Waals surface area contributed by atoms with E-state index in [1.165, 1.54) is 0 Å². The summed E-state index contributed by atoms with van der Waals surface area (Å²) in [5, 5.41) is 0.493. The molecule has 0 radical (unpaired) electrons. The van der Waals surface area contributed by atoms with Crippen molar-refractivity contribution in [3.8, 4) is 0 Å². The van der Waals surface area contributed by atoms with Gasteiger partial charge in [0.15, 0.2) is 5.78 Å². The molecule has 3 heteroatoms. The maximum absolute atomic E-state index is 11.8. The normalized spacial score (nSPS) is 10.2. The van der Waals surface area contributed by atoms with Gasteiger partial charge in [-0.25, -0.2) is 0 Å². The number of Topliss-reactive ketones (excluding diaryl/α,β-unsaturated/α-hetero) is 1. The quantitative estimate of drug-likeness (QED) is 0.341. The largest absolute Gasteiger partial charge is 0.398 e. The number of allylic oxidation sites excluding steroid dienone is 1. The fourth-order valence-electron chi connectivity index (χ4n) is 1.61. The van der Waals surface area contributed by atoms with Gasteiger partial charge in [0.2, 0.25) is 0 Å². The first kappa shape index (κ1) is 13.8. The van der Waals surface area contributed by atoms with Gasteiger partial charge in [-0.05, 0) is 37.5 Å². The summed E-state index contributed by atoms with van der Waals surface area (Å²) >= 11 is 5.80. The fraction of sp³-hybridized carbons (Fsp3) is 0.357. The number of carbonyl (C=O) groups is 1. The Kier molecular flexibility index (Phi) is 5.78. The predicted molar refractivity (Wildman–Crippen MR) is 73.5 cm³/mol. The fourth-order valence-corrected chi connectivity index (χ4v) is 1.73. The van der Waals surface area contributed by atoms with Crippen molar-refractivity contribution in [1.82, 2.24) is 0 Å². The van der Waals surface area contributed by atoms with Gasteiger partial charge in [0.05, 0.1) is 10.7 Å². The monoisotopic (exact) mass is 251 g/mol. The van der Waals surface area contributed by atoms with Gasteiger partial charge in [-0.15, -0.1) is 6.58 Å². The molecule has 0 atom stereocenters. The van der Waals surface area contributed by atoms with Crippen molar-refractivity contribution in [1.29, 1.82) is 0 Å². The second-order valence-corrected chi connectivity index (χ2v) is 4.45. The van der Waals surface area contributed by atoms with Crippen molar-refractivity contribution in [2.45, 2.75) is 32.1 Å². The lowest BCUT2D eigenvalue weighted by Crippen LogP contribution is -2.00. The zero-order chi connectivity index (χ0) is 12.7. The first-order chi connectivity index (χ1) is 8.15. The lowest BCUT2D eigenvalue weighted by Gasteiger charge is -2.03. The smallest absolute Gasteiger partial charge is 0.162 e. The van der Waals surface area contributed by atoms with Crippen molar-refractivity contribution >= 4 is 23.1 Å². The minimum Gasteiger partial charge on any atom is -0.398 e. The summed E-state index contributed by atoms with van der Waals surface area (Å²) in [5.41, 5.74) is 6.77. The molecule has 2 N–H and O–H groups in total. The summed E-state index contributed by atoms with van der Waals surface area (Å²) in [7, 11) is 0. The second-order valence-electron chi connectivity index (χ2n) is 4.05. The summed E-state index contributed by atoms with van der Waals surface area (Å²) < 4.78 is 0. The highest BCUT2D eigenvalue weighted by Gasteiger charge is 2.07. The number of benzene rings is 1. The Morgan fingerprint density at radius 1 is 1.35 bits per heavy atom. The van der Waals surface area contributed by atoms with Crippen LogP contribution in [0.4, 0.5) is 5.69 Å². The Morgan fingerprint density at radius 3 is 2.76 bits per heavy atom. The van der Waals surface area contributed by atoms with Crippen molar-refractivity contribution < 1.29 is 4.79 Å². The molecule has 0 aliphatic rings. The van der Waals surface area contributed by atoms with E-state index in [9.17, 15) is 4.79 Å². The molecule has 0 aliphatic carbocycles. The Hall–Kier alpha value is -1.28. The summed E-state index contributed by atoms with van der Waals surface area (Å²) in [4.78, 5) is 11.8. The third-order valence-electron chi connectivity index (χ3n) is 2.63. The molecule has 0 unspecified atom stereocenters. The van der Waals surface area contributed by atoms with Crippen LogP contribution in [0.1, 0.15) is 42.5 Å². The topological polar surface area (TPSA) is 43.1 Å². The highest BCUT2D eigenvalue weighted by Crippen LogP contribution is 2.20. The number of ketones is 1. The molecule has 92 valence electrons. The van der Waals surface area contributed by atoms with Crippen LogP contribution in [0, 0.1) is 0 Å². The first-order valence-electron chi connectivity index (χ1n) is 5.84. The van der Waals surface area contributed by atoms with Gasteiger partial charge >= 0.3 is 0 Å². The lowest BCUT2D eigenvalue weighted by atomic mass is 10.0. The Balaban J connectivity index is 2.41. The summed E-state index contributed by atoms with van der Waals surface area (Å²) in [6.07, 6.45) is 6.55. The molecule has 0 saturated heterocycles. The molecule has 0 aromatic heterocycles. The van der Waals surface area contributed by atoms with Gasteiger partial charge in [0, 0.05) is 12.0 Å². The molecule has 1 aromatic rings. The van der Waals surface area contributed by atoms with Gasteiger partial charge in [0.1, 0.15) is 0 Å². The van der Waals surface area contributed by atoms with E-state index in [0.29, 0.717) is 22.7 Å². The molecule has 1 rings (SSSR count). The first-order valence-corrected chi connectivity index (χ1v) is 6.22. The van der Waals surface area contributed by atoms with Crippen LogP contribution in [-0.4, -0.2) is 5.78 Å². The Morgan fingerprint density at radius 2 is 2.12 bits per heavy atom. The van der Waals surface area contributed by atoms with Crippen LogP contribution in [0.15, 0.2) is 30.9 Å². The number of hydrogen-bond donors (Lipinski definition) is 1. The van der Waals surface area contributed by atoms with Crippen LogP contribution in [0.2, 0.25) is 5.02 Å². The zero-order valence-electron chi connectivity index (χ0n) is 9.92. The van der Waals surface area contributed by atoms with E-state index in [2.05, 4.69) is 6.58 Å². The second kappa shape index (κ2) is 7.13. The van der Waals surface area contributed by atoms with E-state index in [1.54, 1.807) is 18.2 Å². The van der Waals surface area contributed by atoms with Crippen molar-refractivity contribution in [3.05, 3.63) is 41.4 Å². The number of halogens is 1. The number of hydrogen-bond acceptors (Lipinski definition) is 2. The molecule has 0 saturated carbocycles. The molecule has 0 bridgehead atoms. The average Bonchev–Trinajstić information content (AvgIpc) is 2.32. The molecule has 2 nitrogen and oxygen atoms in total. The maximum Gasteiger partial charge on any atom is 0.162 e. The number of carbonyl (C=O) groups excluding carboxylic acids is 1. The summed E-state index contributed by atoms with van der Waals surface area (Å²) in [6, 6.07) is 5.04. The molecule has 0 amide bonds. The van der Waals surface area contributed by atoms with Gasteiger partial charge in [-0.2, -0.15) is 0 Å². The van der Waals surface area contributed by atoms with E-state index < -0.39 is 0 Å². The predicted octanol–water partition coefficient (Wildman–Crippen LogP) is 4.24. The summed E-state index contributed by atoms with van der Waals surface area (Å²) in [6.45, 7) is 3.67. The summed E-state index contributed by atoms with van der Waals surface area (Å²) in [5.74, 6) is 0.131. The molecule has 0 heterocycles. The Labute approximate surface area is 107 Å². The van der Waals surface area contributed by atoms with Crippen LogP contribution in [-0.2, 0) is 0 Å². The molecular formula is C14H18ClNO. The van der Waals surface area contributed by atoms with Crippen LogP contribution < -0.4 is 5.73 Å². The van der Waals surface area contributed by atoms with Crippen molar-refractivity contribution in [3.63, 3.8) is 0 Å². The van der Waals surface area contributed by atoms with E-state index in [0.717, 1.165) is 25.7 Å². The zero-order valence-corrected chi connectivity index (χ0v) is 10.7. The minimum absolute atomic E-state index is 0.131. The third kappa shape index (κ3) is 4.61. The highest BCUT2D eigenvalue weighted by atomic mass is 35.5. The Bertz CT molecular complexity index is 401. The number of anilines is 1. The van der Waals surface area contributed by atoms with Crippen LogP contribution in [0.25, 0.3) is 0 Å². The molecule has 1 aromatic carbocycles. The standard InChI is InChI=1S/C14H18ClNO/c1-2-3-4-5-6-7-14(17)11-8-9-12(15)13(16)10-11/h2,8-10H,1,3-7,16H2. The number of nitrogen functional groups attached to an aromatic ring is 1. The van der Waals surface area contributed by atoms with Crippen LogP contribution >= 0.6 is 11.6 Å². The SMILES string of the molecule is C=CCCCCCC(=O)c1ccc(Cl)c(N)c1. The molecule has 0 spiro atoms. The highest BCUT2D eigenvalue weighted by molar-refractivity contribution is 6.33. The number of nitrogens with two attached hydrogens (primary N) is 1. The maximum atomic E-state index is 11.8. The van der Waals surface area contributed by atoms with Gasteiger partial charge in [-0.3, -0.25) is 4.79 Å². The molecule has 0 fully saturated rings. The van der Waals surface area contributed by atoms with Crippen molar-refractivity contribution in [2.75, 3.05) is 5.73 Å². The van der Waals surface area contributed by atoms with E-state index in [-0.39, 0.29) is 5.78 Å². The lowest BCUT2D eigenvalue weighted by molar-refractivity contribution is 0.0979. The molecular weight excluding hydrogens is 234 g/mol. The van der Waals surface area contributed by atoms with Crippen molar-refractivity contribution in [2.24, 2.45) is 0 Å². The number of unbranched alkanes of at least 4 members (excludes halogenated alkanes) is 3. The van der Waals surface area contributed by atoms with Gasteiger partial charge in [-0.1, -0.05) is 24.1 Å². The van der Waals surface area contributed by atoms with E-state index in [4.69, 9.17) is 17.3 Å².